The molecule has 0 spiro atoms. The highest BCUT2D eigenvalue weighted by Crippen LogP contribution is 2.33. The smallest absolute Gasteiger partial charge is 0.285 e. The van der Waals surface area contributed by atoms with E-state index in [1.165, 1.54) is 19.2 Å². The summed E-state index contributed by atoms with van der Waals surface area (Å²) in [6.45, 7) is 0. The highest BCUT2D eigenvalue weighted by molar-refractivity contribution is 5.69. The lowest BCUT2D eigenvalue weighted by atomic mass is 10.1. The van der Waals surface area contributed by atoms with E-state index < -0.39 is 4.92 Å². The molecule has 0 saturated heterocycles. The van der Waals surface area contributed by atoms with Crippen molar-refractivity contribution in [1.82, 2.24) is 10.2 Å². The standard InChI is InChI=1S/C15H11N3O4/c1-21-11-7-8-12(13(9-11)18(19)20)15-17-16-14(22-15)10-5-3-2-4-6-10/h2-9H,1H3. The fraction of sp³-hybridized carbons (Fsp3) is 0.0667. The van der Waals surface area contributed by atoms with Gasteiger partial charge in [0, 0.05) is 5.56 Å². The lowest BCUT2D eigenvalue weighted by molar-refractivity contribution is -0.384. The summed E-state index contributed by atoms with van der Waals surface area (Å²) in [6.07, 6.45) is 0. The predicted octanol–water partition coefficient (Wildman–Crippen LogP) is 3.32. The van der Waals surface area contributed by atoms with Gasteiger partial charge in [0.15, 0.2) is 0 Å². The van der Waals surface area contributed by atoms with Gasteiger partial charge in [0.05, 0.1) is 18.1 Å². The SMILES string of the molecule is COc1ccc(-c2nnc(-c3ccccc3)o2)c([N+](=O)[O-])c1. The third kappa shape index (κ3) is 2.51. The Bertz CT molecular complexity index is 815. The van der Waals surface area contributed by atoms with E-state index in [9.17, 15) is 10.1 Å². The quantitative estimate of drug-likeness (QED) is 0.542. The van der Waals surface area contributed by atoms with Gasteiger partial charge in [-0.05, 0) is 24.3 Å². The van der Waals surface area contributed by atoms with E-state index in [2.05, 4.69) is 10.2 Å². The molecule has 0 N–H and O–H groups in total. The van der Waals surface area contributed by atoms with Crippen molar-refractivity contribution in [3.8, 4) is 28.7 Å². The van der Waals surface area contributed by atoms with Gasteiger partial charge in [0.1, 0.15) is 11.3 Å². The zero-order chi connectivity index (χ0) is 15.5. The second-order valence-corrected chi connectivity index (χ2v) is 4.42. The summed E-state index contributed by atoms with van der Waals surface area (Å²) in [5.74, 6) is 0.784. The Morgan fingerprint density at radius 3 is 2.50 bits per heavy atom. The maximum absolute atomic E-state index is 11.2. The molecule has 0 aliphatic rings. The summed E-state index contributed by atoms with van der Waals surface area (Å²) in [7, 11) is 1.44. The van der Waals surface area contributed by atoms with Crippen LogP contribution < -0.4 is 4.74 Å². The first kappa shape index (κ1) is 13.7. The van der Waals surface area contributed by atoms with Crippen molar-refractivity contribution in [3.63, 3.8) is 0 Å². The second kappa shape index (κ2) is 5.65. The Kier molecular flexibility index (Phi) is 3.53. The van der Waals surface area contributed by atoms with E-state index >= 15 is 0 Å². The molecule has 0 amide bonds. The summed E-state index contributed by atoms with van der Waals surface area (Å²) < 4.78 is 10.6. The molecule has 0 aliphatic heterocycles. The number of nitro benzene ring substituents is 1. The molecule has 110 valence electrons. The Labute approximate surface area is 125 Å². The van der Waals surface area contributed by atoms with E-state index in [1.54, 1.807) is 6.07 Å². The summed E-state index contributed by atoms with van der Waals surface area (Å²) in [4.78, 5) is 10.7. The Morgan fingerprint density at radius 2 is 1.82 bits per heavy atom. The molecule has 0 radical (unpaired) electrons. The number of aromatic nitrogens is 2. The molecule has 1 aromatic heterocycles. The van der Waals surface area contributed by atoms with Crippen LogP contribution in [0.3, 0.4) is 0 Å². The van der Waals surface area contributed by atoms with Gasteiger partial charge in [0.2, 0.25) is 5.89 Å². The summed E-state index contributed by atoms with van der Waals surface area (Å²) in [5, 5.41) is 19.0. The van der Waals surface area contributed by atoms with E-state index in [4.69, 9.17) is 9.15 Å². The number of rotatable bonds is 4. The molecular formula is C15H11N3O4. The van der Waals surface area contributed by atoms with Crippen LogP contribution in [0.5, 0.6) is 5.75 Å². The predicted molar refractivity (Wildman–Crippen MR) is 78.4 cm³/mol. The normalized spacial score (nSPS) is 10.4. The molecule has 1 heterocycles. The van der Waals surface area contributed by atoms with Crippen LogP contribution in [0.15, 0.2) is 52.9 Å². The van der Waals surface area contributed by atoms with Gasteiger partial charge >= 0.3 is 0 Å². The van der Waals surface area contributed by atoms with Crippen molar-refractivity contribution in [1.29, 1.82) is 0 Å². The van der Waals surface area contributed by atoms with Gasteiger partial charge in [-0.2, -0.15) is 0 Å². The van der Waals surface area contributed by atoms with Crippen LogP contribution in [-0.4, -0.2) is 22.2 Å². The molecule has 3 rings (SSSR count). The first-order valence-electron chi connectivity index (χ1n) is 6.41. The molecule has 0 fully saturated rings. The summed E-state index contributed by atoms with van der Waals surface area (Å²) in [5.41, 5.74) is 0.848. The highest BCUT2D eigenvalue weighted by Gasteiger charge is 2.21. The number of hydrogen-bond acceptors (Lipinski definition) is 6. The van der Waals surface area contributed by atoms with E-state index in [-0.39, 0.29) is 17.1 Å². The fourth-order valence-electron chi connectivity index (χ4n) is 2.00. The second-order valence-electron chi connectivity index (χ2n) is 4.42. The number of benzene rings is 2. The lowest BCUT2D eigenvalue weighted by Gasteiger charge is -2.02. The van der Waals surface area contributed by atoms with Crippen LogP contribution in [0.4, 0.5) is 5.69 Å². The van der Waals surface area contributed by atoms with Gasteiger partial charge in [-0.15, -0.1) is 10.2 Å². The van der Waals surface area contributed by atoms with Crippen molar-refractivity contribution in [2.24, 2.45) is 0 Å². The zero-order valence-corrected chi connectivity index (χ0v) is 11.6. The van der Waals surface area contributed by atoms with Crippen molar-refractivity contribution in [3.05, 3.63) is 58.6 Å². The van der Waals surface area contributed by atoms with Crippen LogP contribution in [0.2, 0.25) is 0 Å². The molecule has 0 bridgehead atoms. The number of methoxy groups -OCH3 is 1. The molecule has 0 saturated carbocycles. The van der Waals surface area contributed by atoms with Gasteiger partial charge < -0.3 is 9.15 Å². The molecule has 0 unspecified atom stereocenters. The van der Waals surface area contributed by atoms with E-state index in [0.29, 0.717) is 11.6 Å². The van der Waals surface area contributed by atoms with Crippen molar-refractivity contribution in [2.75, 3.05) is 7.11 Å². The highest BCUT2D eigenvalue weighted by atomic mass is 16.6. The van der Waals surface area contributed by atoms with Crippen LogP contribution in [0, 0.1) is 10.1 Å². The van der Waals surface area contributed by atoms with Gasteiger partial charge in [0.25, 0.3) is 11.6 Å². The Balaban J connectivity index is 2.05. The molecule has 2 aromatic carbocycles. The molecular weight excluding hydrogens is 286 g/mol. The van der Waals surface area contributed by atoms with Crippen molar-refractivity contribution in [2.45, 2.75) is 0 Å². The lowest BCUT2D eigenvalue weighted by Crippen LogP contribution is -1.93. The number of ether oxygens (including phenoxy) is 1. The number of hydrogen-bond donors (Lipinski definition) is 0. The maximum Gasteiger partial charge on any atom is 0.285 e. The average molecular weight is 297 g/mol. The first-order valence-corrected chi connectivity index (χ1v) is 6.41. The minimum Gasteiger partial charge on any atom is -0.497 e. The van der Waals surface area contributed by atoms with Gasteiger partial charge in [-0.3, -0.25) is 10.1 Å². The third-order valence-corrected chi connectivity index (χ3v) is 3.08. The zero-order valence-electron chi connectivity index (χ0n) is 11.6. The van der Waals surface area contributed by atoms with Crippen LogP contribution in [0.1, 0.15) is 0 Å². The third-order valence-electron chi connectivity index (χ3n) is 3.08. The van der Waals surface area contributed by atoms with Crippen molar-refractivity contribution < 1.29 is 14.1 Å². The molecule has 0 aliphatic carbocycles. The average Bonchev–Trinajstić information content (AvgIpc) is 3.05. The van der Waals surface area contributed by atoms with Crippen LogP contribution in [-0.2, 0) is 0 Å². The Morgan fingerprint density at radius 1 is 1.09 bits per heavy atom. The summed E-state index contributed by atoms with van der Waals surface area (Å²) in [6, 6.07) is 13.6. The van der Waals surface area contributed by atoms with Gasteiger partial charge in [-0.1, -0.05) is 18.2 Å². The molecule has 3 aromatic rings. The maximum atomic E-state index is 11.2. The minimum absolute atomic E-state index is 0.0909. The fourth-order valence-corrected chi connectivity index (χ4v) is 2.00. The Hall–Kier alpha value is -3.22. The number of nitro groups is 1. The van der Waals surface area contributed by atoms with Crippen LogP contribution in [0.25, 0.3) is 22.9 Å². The summed E-state index contributed by atoms with van der Waals surface area (Å²) >= 11 is 0. The van der Waals surface area contributed by atoms with Gasteiger partial charge in [-0.25, -0.2) is 0 Å². The largest absolute Gasteiger partial charge is 0.497 e. The molecule has 22 heavy (non-hydrogen) atoms. The topological polar surface area (TPSA) is 91.3 Å². The molecule has 7 heteroatoms. The molecule has 0 atom stereocenters. The number of nitrogens with zero attached hydrogens (tertiary/aromatic N) is 3. The van der Waals surface area contributed by atoms with Crippen LogP contribution >= 0.6 is 0 Å². The van der Waals surface area contributed by atoms with Crippen molar-refractivity contribution >= 4 is 5.69 Å². The molecule has 7 nitrogen and oxygen atoms in total. The monoisotopic (exact) mass is 297 g/mol. The van der Waals surface area contributed by atoms with E-state index in [1.807, 2.05) is 30.3 Å². The first-order chi connectivity index (χ1) is 10.7. The minimum atomic E-state index is -0.510. The van der Waals surface area contributed by atoms with E-state index in [0.717, 1.165) is 5.56 Å².